The van der Waals surface area contributed by atoms with Crippen molar-refractivity contribution in [3.05, 3.63) is 0 Å². The number of hydrogen-bond acceptors (Lipinski definition) is 2. The van der Waals surface area contributed by atoms with E-state index in [1.165, 1.54) is 19.3 Å². The van der Waals surface area contributed by atoms with E-state index >= 15 is 0 Å². The van der Waals surface area contributed by atoms with Crippen molar-refractivity contribution in [2.24, 2.45) is 11.8 Å². The fourth-order valence-electron chi connectivity index (χ4n) is 2.11. The first kappa shape index (κ1) is 15.9. The highest BCUT2D eigenvalue weighted by molar-refractivity contribution is 4.71. The van der Waals surface area contributed by atoms with Crippen molar-refractivity contribution in [3.8, 4) is 0 Å². The summed E-state index contributed by atoms with van der Waals surface area (Å²) in [4.78, 5) is 2.34. The Labute approximate surface area is 103 Å². The molecule has 0 fully saturated rings. The average Bonchev–Trinajstić information content (AvgIpc) is 2.15. The number of hydrogen-bond donors (Lipinski definition) is 1. The molecule has 0 radical (unpaired) electrons. The molecule has 2 atom stereocenters. The molecule has 0 bridgehead atoms. The summed E-state index contributed by atoms with van der Waals surface area (Å²) < 4.78 is 0. The number of likely N-dealkylation sites (N-methyl/N-ethyl adjacent to an activating group) is 1. The Balaban J connectivity index is 3.76. The van der Waals surface area contributed by atoms with Crippen LogP contribution in [0.3, 0.4) is 0 Å². The third-order valence-electron chi connectivity index (χ3n) is 3.13. The predicted molar refractivity (Wildman–Crippen MR) is 73.9 cm³/mol. The van der Waals surface area contributed by atoms with Gasteiger partial charge in [-0.05, 0) is 45.3 Å². The van der Waals surface area contributed by atoms with Crippen LogP contribution < -0.4 is 5.32 Å². The van der Waals surface area contributed by atoms with Crippen molar-refractivity contribution in [1.29, 1.82) is 0 Å². The fourth-order valence-corrected chi connectivity index (χ4v) is 2.11. The number of rotatable bonds is 9. The van der Waals surface area contributed by atoms with Gasteiger partial charge in [-0.3, -0.25) is 0 Å². The summed E-state index contributed by atoms with van der Waals surface area (Å²) in [5.74, 6) is 1.59. The second-order valence-electron chi connectivity index (χ2n) is 5.80. The van der Waals surface area contributed by atoms with Crippen molar-refractivity contribution in [3.63, 3.8) is 0 Å². The average molecular weight is 228 g/mol. The van der Waals surface area contributed by atoms with Gasteiger partial charge in [-0.2, -0.15) is 0 Å². The van der Waals surface area contributed by atoms with Gasteiger partial charge in [-0.15, -0.1) is 0 Å². The molecule has 98 valence electrons. The van der Waals surface area contributed by atoms with E-state index in [9.17, 15) is 0 Å². The molecular weight excluding hydrogens is 196 g/mol. The van der Waals surface area contributed by atoms with E-state index in [-0.39, 0.29) is 0 Å². The molecule has 0 saturated carbocycles. The van der Waals surface area contributed by atoms with Gasteiger partial charge in [0, 0.05) is 12.6 Å². The Bertz CT molecular complexity index is 155. The molecule has 0 aliphatic heterocycles. The van der Waals surface area contributed by atoms with Crippen LogP contribution in [0.5, 0.6) is 0 Å². The lowest BCUT2D eigenvalue weighted by molar-refractivity contribution is 0.244. The van der Waals surface area contributed by atoms with Crippen LogP contribution in [-0.4, -0.2) is 38.1 Å². The van der Waals surface area contributed by atoms with Crippen LogP contribution in [0.15, 0.2) is 0 Å². The van der Waals surface area contributed by atoms with E-state index in [4.69, 9.17) is 0 Å². The summed E-state index contributed by atoms with van der Waals surface area (Å²) in [6, 6.07) is 0.675. The Morgan fingerprint density at radius 3 is 2.12 bits per heavy atom. The maximum atomic E-state index is 3.62. The van der Waals surface area contributed by atoms with Crippen LogP contribution in [0.4, 0.5) is 0 Å². The van der Waals surface area contributed by atoms with Gasteiger partial charge in [0.2, 0.25) is 0 Å². The zero-order valence-corrected chi connectivity index (χ0v) is 12.2. The van der Waals surface area contributed by atoms with Gasteiger partial charge < -0.3 is 10.2 Å². The first-order chi connectivity index (χ1) is 7.47. The standard InChI is InChI=1S/C14H32N2/c1-7-8-13(4)10-15-11-14(16(5)6)9-12(2)3/h12-15H,7-11H2,1-6H3. The molecule has 2 unspecified atom stereocenters. The van der Waals surface area contributed by atoms with E-state index in [2.05, 4.69) is 52.0 Å². The summed E-state index contributed by atoms with van der Waals surface area (Å²) in [5, 5.41) is 3.62. The zero-order valence-electron chi connectivity index (χ0n) is 12.2. The first-order valence-electron chi connectivity index (χ1n) is 6.84. The minimum Gasteiger partial charge on any atom is -0.315 e. The summed E-state index contributed by atoms with van der Waals surface area (Å²) >= 11 is 0. The van der Waals surface area contributed by atoms with E-state index in [0.717, 1.165) is 24.9 Å². The van der Waals surface area contributed by atoms with Gasteiger partial charge in [-0.25, -0.2) is 0 Å². The molecule has 0 aliphatic rings. The lowest BCUT2D eigenvalue weighted by Gasteiger charge is -2.27. The zero-order chi connectivity index (χ0) is 12.6. The maximum absolute atomic E-state index is 3.62. The van der Waals surface area contributed by atoms with Crippen molar-refractivity contribution < 1.29 is 0 Å². The third-order valence-corrected chi connectivity index (χ3v) is 3.13. The summed E-state index contributed by atoms with van der Waals surface area (Å²) in [7, 11) is 4.37. The fraction of sp³-hybridized carbons (Fsp3) is 1.00. The van der Waals surface area contributed by atoms with E-state index < -0.39 is 0 Å². The highest BCUT2D eigenvalue weighted by Gasteiger charge is 2.13. The molecule has 0 amide bonds. The molecule has 0 aliphatic carbocycles. The molecule has 0 aromatic carbocycles. The largest absolute Gasteiger partial charge is 0.315 e. The normalized spacial score (nSPS) is 15.8. The van der Waals surface area contributed by atoms with Gasteiger partial charge in [0.1, 0.15) is 0 Å². The van der Waals surface area contributed by atoms with Crippen molar-refractivity contribution >= 4 is 0 Å². The molecule has 0 rings (SSSR count). The highest BCUT2D eigenvalue weighted by atomic mass is 15.1. The second-order valence-corrected chi connectivity index (χ2v) is 5.80. The van der Waals surface area contributed by atoms with Gasteiger partial charge in [0.05, 0.1) is 0 Å². The monoisotopic (exact) mass is 228 g/mol. The van der Waals surface area contributed by atoms with Crippen LogP contribution in [0.25, 0.3) is 0 Å². The first-order valence-corrected chi connectivity index (χ1v) is 6.84. The summed E-state index contributed by atoms with van der Waals surface area (Å²) in [6.45, 7) is 11.5. The molecule has 0 saturated heterocycles. The number of nitrogens with zero attached hydrogens (tertiary/aromatic N) is 1. The van der Waals surface area contributed by atoms with Crippen LogP contribution in [-0.2, 0) is 0 Å². The van der Waals surface area contributed by atoms with E-state index in [1.807, 2.05) is 0 Å². The Kier molecular flexibility index (Phi) is 8.96. The second kappa shape index (κ2) is 9.00. The molecular formula is C14H32N2. The van der Waals surface area contributed by atoms with Crippen molar-refractivity contribution in [2.75, 3.05) is 27.2 Å². The van der Waals surface area contributed by atoms with Gasteiger partial charge in [0.25, 0.3) is 0 Å². The molecule has 2 heteroatoms. The molecule has 16 heavy (non-hydrogen) atoms. The topological polar surface area (TPSA) is 15.3 Å². The van der Waals surface area contributed by atoms with Crippen LogP contribution >= 0.6 is 0 Å². The molecule has 0 heterocycles. The summed E-state index contributed by atoms with van der Waals surface area (Å²) in [6.07, 6.45) is 3.91. The lowest BCUT2D eigenvalue weighted by atomic mass is 10.0. The number of nitrogens with one attached hydrogen (secondary N) is 1. The predicted octanol–water partition coefficient (Wildman–Crippen LogP) is 2.99. The molecule has 0 aromatic rings. The maximum Gasteiger partial charge on any atom is 0.0216 e. The van der Waals surface area contributed by atoms with Gasteiger partial charge in [-0.1, -0.05) is 34.1 Å². The van der Waals surface area contributed by atoms with Gasteiger partial charge in [0.15, 0.2) is 0 Å². The van der Waals surface area contributed by atoms with E-state index in [1.54, 1.807) is 0 Å². The van der Waals surface area contributed by atoms with Crippen molar-refractivity contribution in [1.82, 2.24) is 10.2 Å². The summed E-state index contributed by atoms with van der Waals surface area (Å²) in [5.41, 5.74) is 0. The SMILES string of the molecule is CCCC(C)CNCC(CC(C)C)N(C)C. The minimum atomic E-state index is 0.675. The van der Waals surface area contributed by atoms with Crippen molar-refractivity contribution in [2.45, 2.75) is 53.0 Å². The smallest absolute Gasteiger partial charge is 0.0216 e. The van der Waals surface area contributed by atoms with Gasteiger partial charge >= 0.3 is 0 Å². The Hall–Kier alpha value is -0.0800. The third kappa shape index (κ3) is 8.12. The molecule has 2 nitrogen and oxygen atoms in total. The lowest BCUT2D eigenvalue weighted by Crippen LogP contribution is -2.40. The quantitative estimate of drug-likeness (QED) is 0.652. The van der Waals surface area contributed by atoms with Crippen LogP contribution in [0, 0.1) is 11.8 Å². The van der Waals surface area contributed by atoms with Crippen LogP contribution in [0.1, 0.15) is 47.0 Å². The minimum absolute atomic E-state index is 0.675. The Morgan fingerprint density at radius 1 is 1.06 bits per heavy atom. The molecule has 0 aromatic heterocycles. The molecule has 0 spiro atoms. The van der Waals surface area contributed by atoms with Crippen LogP contribution in [0.2, 0.25) is 0 Å². The highest BCUT2D eigenvalue weighted by Crippen LogP contribution is 2.09. The Morgan fingerprint density at radius 2 is 1.69 bits per heavy atom. The molecule has 1 N–H and O–H groups in total. The van der Waals surface area contributed by atoms with E-state index in [0.29, 0.717) is 6.04 Å².